The molecule has 6 nitrogen and oxygen atoms in total. The van der Waals surface area contributed by atoms with Gasteiger partial charge in [0.25, 0.3) is 0 Å². The van der Waals surface area contributed by atoms with Gasteiger partial charge >= 0.3 is 0 Å². The Kier molecular flexibility index (Phi) is 3.58. The Balaban J connectivity index is 1.68. The number of rotatable bonds is 2. The van der Waals surface area contributed by atoms with E-state index in [2.05, 4.69) is 0 Å². The Bertz CT molecular complexity index is 842. The van der Waals surface area contributed by atoms with Gasteiger partial charge in [-0.15, -0.1) is 0 Å². The number of carbonyl (C=O) groups is 1. The predicted octanol–water partition coefficient (Wildman–Crippen LogP) is 2.29. The lowest BCUT2D eigenvalue weighted by Gasteiger charge is -2.40. The zero-order chi connectivity index (χ0) is 18.8. The molecule has 0 bridgehead atoms. The summed E-state index contributed by atoms with van der Waals surface area (Å²) in [5.74, 6) is -0.235. The van der Waals surface area contributed by atoms with Crippen molar-refractivity contribution in [1.82, 2.24) is 4.90 Å². The van der Waals surface area contributed by atoms with Gasteiger partial charge < -0.3 is 23.8 Å². The molecule has 4 unspecified atom stereocenters. The van der Waals surface area contributed by atoms with Crippen molar-refractivity contribution >= 4 is 6.41 Å². The minimum atomic E-state index is -0.806. The van der Waals surface area contributed by atoms with Gasteiger partial charge in [0.2, 0.25) is 6.41 Å². The number of nitrogens with zero attached hydrogens (tertiary/aromatic N) is 1. The van der Waals surface area contributed by atoms with Crippen molar-refractivity contribution in [3.05, 3.63) is 35.2 Å². The molecule has 1 aromatic carbocycles. The lowest BCUT2D eigenvalue weighted by Crippen LogP contribution is -2.48. The van der Waals surface area contributed by atoms with Crippen LogP contribution in [0, 0.1) is 5.82 Å². The second-order valence-electron chi connectivity index (χ2n) is 7.80. The van der Waals surface area contributed by atoms with Crippen LogP contribution in [0.2, 0.25) is 0 Å². The largest absolute Gasteiger partial charge is 0.493 e. The topological polar surface area (TPSA) is 57.2 Å². The summed E-state index contributed by atoms with van der Waals surface area (Å²) in [6, 6.07) is 1.34. The van der Waals surface area contributed by atoms with Gasteiger partial charge in [0.05, 0.1) is 25.2 Å². The molecule has 1 amide bonds. The summed E-state index contributed by atoms with van der Waals surface area (Å²) in [5.41, 5.74) is 0.771. The van der Waals surface area contributed by atoms with Crippen LogP contribution in [-0.2, 0) is 26.2 Å². The average Bonchev–Trinajstić information content (AvgIpc) is 3.12. The zero-order valence-corrected chi connectivity index (χ0v) is 15.4. The fourth-order valence-corrected chi connectivity index (χ4v) is 4.92. The first kappa shape index (κ1) is 17.0. The van der Waals surface area contributed by atoms with E-state index in [1.54, 1.807) is 4.90 Å². The summed E-state index contributed by atoms with van der Waals surface area (Å²) < 4.78 is 38.6. The third-order valence-electron chi connectivity index (χ3n) is 6.21. The minimum absolute atomic E-state index is 0.00899. The van der Waals surface area contributed by atoms with Crippen LogP contribution in [0.5, 0.6) is 11.5 Å². The van der Waals surface area contributed by atoms with Gasteiger partial charge in [-0.2, -0.15) is 0 Å². The van der Waals surface area contributed by atoms with Crippen molar-refractivity contribution in [3.63, 3.8) is 0 Å². The number of benzene rings is 1. The third kappa shape index (κ3) is 2.28. The number of amides is 1. The van der Waals surface area contributed by atoms with Crippen molar-refractivity contribution in [2.45, 2.75) is 49.7 Å². The number of carbonyl (C=O) groups excluding carboxylic acids is 1. The zero-order valence-electron chi connectivity index (χ0n) is 15.4. The van der Waals surface area contributed by atoms with Crippen LogP contribution in [0.3, 0.4) is 0 Å². The molecular formula is C20H22FNO5. The van der Waals surface area contributed by atoms with Gasteiger partial charge in [-0.3, -0.25) is 4.79 Å². The van der Waals surface area contributed by atoms with Crippen LogP contribution < -0.4 is 9.47 Å². The smallest absolute Gasteiger partial charge is 0.210 e. The summed E-state index contributed by atoms with van der Waals surface area (Å²) in [7, 11) is 1.51. The molecule has 1 aliphatic carbocycles. The van der Waals surface area contributed by atoms with Gasteiger partial charge in [-0.05, 0) is 19.4 Å². The number of ether oxygens (including phenoxy) is 4. The lowest BCUT2D eigenvalue weighted by molar-refractivity contribution is -0.154. The fourth-order valence-electron chi connectivity index (χ4n) is 4.92. The highest BCUT2D eigenvalue weighted by molar-refractivity contribution is 5.62. The first-order chi connectivity index (χ1) is 13.0. The van der Waals surface area contributed by atoms with Crippen molar-refractivity contribution in [3.8, 4) is 11.5 Å². The van der Waals surface area contributed by atoms with Crippen LogP contribution in [0.25, 0.3) is 0 Å². The molecule has 7 heteroatoms. The average molecular weight is 375 g/mol. The van der Waals surface area contributed by atoms with Crippen LogP contribution in [0.4, 0.5) is 4.39 Å². The van der Waals surface area contributed by atoms with E-state index >= 15 is 0 Å². The molecule has 2 spiro atoms. The summed E-state index contributed by atoms with van der Waals surface area (Å²) in [6.07, 6.45) is 5.66. The van der Waals surface area contributed by atoms with E-state index < -0.39 is 11.2 Å². The Labute approximate surface area is 156 Å². The molecule has 144 valence electrons. The highest BCUT2D eigenvalue weighted by atomic mass is 19.1. The maximum atomic E-state index is 14.9. The standard InChI is InChI=1S/C20H22FNO5/c1-12-10-25-20(27-12)4-3-19-5-6-22(11-23)9-13-14(21)7-15(24-2)18(17(13)19)26-16(19)8-20/h3-4,7,11-12,16H,5-6,8-10H2,1-2H3. The lowest BCUT2D eigenvalue weighted by atomic mass is 9.68. The quantitative estimate of drug-likeness (QED) is 0.586. The molecule has 3 aliphatic heterocycles. The first-order valence-corrected chi connectivity index (χ1v) is 9.28. The molecule has 0 N–H and O–H groups in total. The van der Waals surface area contributed by atoms with Crippen LogP contribution >= 0.6 is 0 Å². The Morgan fingerprint density at radius 2 is 2.26 bits per heavy atom. The van der Waals surface area contributed by atoms with Gasteiger partial charge in [0.15, 0.2) is 17.3 Å². The predicted molar refractivity (Wildman–Crippen MR) is 93.1 cm³/mol. The number of hydrogen-bond donors (Lipinski definition) is 0. The Hall–Kier alpha value is -2.12. The van der Waals surface area contributed by atoms with Crippen molar-refractivity contribution in [2.24, 2.45) is 0 Å². The molecule has 1 aromatic rings. The molecule has 27 heavy (non-hydrogen) atoms. The Morgan fingerprint density at radius 1 is 1.41 bits per heavy atom. The second-order valence-corrected chi connectivity index (χ2v) is 7.80. The van der Waals surface area contributed by atoms with Gasteiger partial charge in [0, 0.05) is 36.7 Å². The second kappa shape index (κ2) is 5.69. The molecule has 0 saturated carbocycles. The molecule has 0 aromatic heterocycles. The van der Waals surface area contributed by atoms with E-state index in [1.165, 1.54) is 13.2 Å². The van der Waals surface area contributed by atoms with Crippen molar-refractivity contribution < 1.29 is 28.1 Å². The van der Waals surface area contributed by atoms with Crippen molar-refractivity contribution in [1.29, 1.82) is 0 Å². The van der Waals surface area contributed by atoms with E-state index in [0.29, 0.717) is 43.1 Å². The molecule has 1 saturated heterocycles. The van der Waals surface area contributed by atoms with Gasteiger partial charge in [-0.25, -0.2) is 4.39 Å². The maximum Gasteiger partial charge on any atom is 0.210 e. The van der Waals surface area contributed by atoms with Crippen molar-refractivity contribution in [2.75, 3.05) is 20.3 Å². The monoisotopic (exact) mass is 375 g/mol. The molecule has 4 aliphatic rings. The molecule has 1 fully saturated rings. The van der Waals surface area contributed by atoms with Crippen LogP contribution in [-0.4, -0.2) is 49.6 Å². The molecule has 5 rings (SSSR count). The van der Waals surface area contributed by atoms with E-state index in [9.17, 15) is 9.18 Å². The molecule has 0 radical (unpaired) electrons. The van der Waals surface area contributed by atoms with Gasteiger partial charge in [0.1, 0.15) is 11.9 Å². The highest BCUT2D eigenvalue weighted by Gasteiger charge is 2.58. The first-order valence-electron chi connectivity index (χ1n) is 9.28. The summed E-state index contributed by atoms with van der Waals surface area (Å²) in [4.78, 5) is 13.1. The Morgan fingerprint density at radius 3 is 2.96 bits per heavy atom. The summed E-state index contributed by atoms with van der Waals surface area (Å²) in [5, 5.41) is 0. The fraction of sp³-hybridized carbons (Fsp3) is 0.550. The summed E-state index contributed by atoms with van der Waals surface area (Å²) in [6.45, 7) is 3.25. The molecule has 3 heterocycles. The number of hydrogen-bond acceptors (Lipinski definition) is 5. The molecule has 4 atom stereocenters. The number of halogens is 1. The van der Waals surface area contributed by atoms with Gasteiger partial charge in [-0.1, -0.05) is 6.08 Å². The summed E-state index contributed by atoms with van der Waals surface area (Å²) >= 11 is 0. The maximum absolute atomic E-state index is 14.9. The highest BCUT2D eigenvalue weighted by Crippen LogP contribution is 2.58. The minimum Gasteiger partial charge on any atom is -0.493 e. The SMILES string of the molecule is COc1cc(F)c2c3c1OC1CC4(C=CC31CCN(C=O)C2)OCC(C)O4. The third-order valence-corrected chi connectivity index (χ3v) is 6.21. The van der Waals surface area contributed by atoms with E-state index in [-0.39, 0.29) is 24.6 Å². The number of methoxy groups -OCH3 is 1. The molecular weight excluding hydrogens is 353 g/mol. The van der Waals surface area contributed by atoms with E-state index in [0.717, 1.165) is 12.0 Å². The normalized spacial score (nSPS) is 36.2. The van der Waals surface area contributed by atoms with Crippen LogP contribution in [0.1, 0.15) is 30.9 Å². The van der Waals surface area contributed by atoms with Crippen LogP contribution in [0.15, 0.2) is 18.2 Å². The van der Waals surface area contributed by atoms with E-state index in [1.807, 2.05) is 19.1 Å². The van der Waals surface area contributed by atoms with E-state index in [4.69, 9.17) is 18.9 Å².